The lowest BCUT2D eigenvalue weighted by Crippen LogP contribution is -2.29. The second kappa shape index (κ2) is 11.2. The summed E-state index contributed by atoms with van der Waals surface area (Å²) in [5.74, 6) is -0.888. The molecule has 7 nitrogen and oxygen atoms in total. The van der Waals surface area contributed by atoms with Crippen molar-refractivity contribution < 1.29 is 19.4 Å². The zero-order valence-corrected chi connectivity index (χ0v) is 23.8. The van der Waals surface area contributed by atoms with Crippen LogP contribution in [0.3, 0.4) is 0 Å². The van der Waals surface area contributed by atoms with E-state index in [9.17, 15) is 14.7 Å². The summed E-state index contributed by atoms with van der Waals surface area (Å²) in [4.78, 5) is 32.9. The third-order valence-electron chi connectivity index (χ3n) is 7.42. The number of aryl methyl sites for hydroxylation is 2. The molecule has 0 saturated carbocycles. The zero-order valence-electron chi connectivity index (χ0n) is 23.8. The fraction of sp³-hybridized carbons (Fsp3) is 0.312. The first-order chi connectivity index (χ1) is 18.6. The molecule has 204 valence electrons. The minimum Gasteiger partial charge on any atom is -0.507 e. The number of ether oxygens (including phenoxy) is 1. The van der Waals surface area contributed by atoms with E-state index in [2.05, 4.69) is 18.7 Å². The number of hydrogen-bond donors (Lipinski definition) is 1. The van der Waals surface area contributed by atoms with E-state index in [1.165, 1.54) is 4.90 Å². The molecule has 1 fully saturated rings. The van der Waals surface area contributed by atoms with Crippen molar-refractivity contribution >= 4 is 34.5 Å². The lowest BCUT2D eigenvalue weighted by molar-refractivity contribution is -0.132. The molecule has 1 N–H and O–H groups in total. The number of carbonyl (C=O) groups excluding carboxylic acids is 2. The molecule has 39 heavy (non-hydrogen) atoms. The van der Waals surface area contributed by atoms with Gasteiger partial charge in [-0.25, -0.2) is 0 Å². The Labute approximate surface area is 230 Å². The summed E-state index contributed by atoms with van der Waals surface area (Å²) in [6, 6.07) is 18.2. The van der Waals surface area contributed by atoms with Gasteiger partial charge in [0.25, 0.3) is 11.7 Å². The van der Waals surface area contributed by atoms with Crippen molar-refractivity contribution in [1.82, 2.24) is 0 Å². The van der Waals surface area contributed by atoms with Gasteiger partial charge in [-0.05, 0) is 92.9 Å². The molecule has 0 bridgehead atoms. The quantitative estimate of drug-likeness (QED) is 0.225. The van der Waals surface area contributed by atoms with Gasteiger partial charge < -0.3 is 19.6 Å². The molecular weight excluding hydrogens is 490 g/mol. The van der Waals surface area contributed by atoms with Crippen molar-refractivity contribution in [2.75, 3.05) is 49.0 Å². The number of Topliss-reactive ketones (excluding diaryl/α,β-unsaturated/α-hetero) is 1. The van der Waals surface area contributed by atoms with Gasteiger partial charge in [-0.3, -0.25) is 14.5 Å². The first-order valence-corrected chi connectivity index (χ1v) is 13.2. The van der Waals surface area contributed by atoms with Crippen molar-refractivity contribution in [3.63, 3.8) is 0 Å². The Balaban J connectivity index is 1.92. The summed E-state index contributed by atoms with van der Waals surface area (Å²) in [5.41, 5.74) is 5.48. The number of amides is 1. The van der Waals surface area contributed by atoms with Crippen LogP contribution in [0.2, 0.25) is 0 Å². The number of methoxy groups -OCH3 is 1. The number of aliphatic hydroxyl groups excluding tert-OH is 1. The molecule has 0 radical (unpaired) electrons. The SMILES string of the molecule is CCN(CC)c1ccc(C2/C(=C(\O)c3cc(C)c(OC)cc3C)C(=O)C(=O)N2c2ccc(N(C)C)cc2)cc1. The highest BCUT2D eigenvalue weighted by molar-refractivity contribution is 6.51. The lowest BCUT2D eigenvalue weighted by Gasteiger charge is -2.27. The Morgan fingerprint density at radius 3 is 2.03 bits per heavy atom. The number of aliphatic hydroxyl groups is 1. The lowest BCUT2D eigenvalue weighted by atomic mass is 9.92. The third kappa shape index (κ3) is 5.09. The second-order valence-electron chi connectivity index (χ2n) is 9.98. The van der Waals surface area contributed by atoms with Crippen LogP contribution in [0.5, 0.6) is 5.75 Å². The molecule has 1 aliphatic heterocycles. The predicted octanol–water partition coefficient (Wildman–Crippen LogP) is 5.85. The summed E-state index contributed by atoms with van der Waals surface area (Å²) in [5, 5.41) is 11.6. The summed E-state index contributed by atoms with van der Waals surface area (Å²) in [7, 11) is 5.48. The molecule has 1 aliphatic rings. The van der Waals surface area contributed by atoms with Crippen LogP contribution in [0, 0.1) is 13.8 Å². The van der Waals surface area contributed by atoms with Gasteiger partial charge >= 0.3 is 0 Å². The van der Waals surface area contributed by atoms with Crippen molar-refractivity contribution in [3.8, 4) is 5.75 Å². The van der Waals surface area contributed by atoms with Crippen LogP contribution in [0.15, 0.2) is 66.2 Å². The highest BCUT2D eigenvalue weighted by Gasteiger charge is 2.47. The van der Waals surface area contributed by atoms with Gasteiger partial charge in [0.1, 0.15) is 11.5 Å². The van der Waals surface area contributed by atoms with Gasteiger partial charge in [0, 0.05) is 49.8 Å². The Bertz CT molecular complexity index is 1400. The van der Waals surface area contributed by atoms with Crippen LogP contribution in [-0.4, -0.2) is 51.1 Å². The van der Waals surface area contributed by atoms with Crippen LogP contribution in [0.25, 0.3) is 5.76 Å². The Hall–Kier alpha value is -4.26. The highest BCUT2D eigenvalue weighted by Crippen LogP contribution is 2.43. The second-order valence-corrected chi connectivity index (χ2v) is 9.98. The first kappa shape index (κ1) is 27.8. The molecule has 0 aliphatic carbocycles. The monoisotopic (exact) mass is 527 g/mol. The largest absolute Gasteiger partial charge is 0.507 e. The Morgan fingerprint density at radius 2 is 1.49 bits per heavy atom. The molecule has 4 rings (SSSR count). The normalized spacial score (nSPS) is 16.5. The maximum absolute atomic E-state index is 13.6. The van der Waals surface area contributed by atoms with E-state index in [-0.39, 0.29) is 11.3 Å². The average Bonchev–Trinajstić information content (AvgIpc) is 3.20. The minimum absolute atomic E-state index is 0.0694. The molecule has 0 aromatic heterocycles. The van der Waals surface area contributed by atoms with Crippen molar-refractivity contribution in [2.45, 2.75) is 33.7 Å². The van der Waals surface area contributed by atoms with Crippen LogP contribution >= 0.6 is 0 Å². The number of benzene rings is 3. The number of ketones is 1. The highest BCUT2D eigenvalue weighted by atomic mass is 16.5. The van der Waals surface area contributed by atoms with E-state index in [1.54, 1.807) is 13.2 Å². The average molecular weight is 528 g/mol. The van der Waals surface area contributed by atoms with E-state index in [0.29, 0.717) is 17.0 Å². The molecule has 3 aromatic rings. The topological polar surface area (TPSA) is 73.3 Å². The van der Waals surface area contributed by atoms with Crippen LogP contribution < -0.4 is 19.4 Å². The van der Waals surface area contributed by atoms with Gasteiger partial charge in [-0.2, -0.15) is 0 Å². The Kier molecular flexibility index (Phi) is 8.00. The van der Waals surface area contributed by atoms with Crippen LogP contribution in [0.4, 0.5) is 17.1 Å². The third-order valence-corrected chi connectivity index (χ3v) is 7.42. The van der Waals surface area contributed by atoms with Gasteiger partial charge in [-0.1, -0.05) is 12.1 Å². The maximum atomic E-state index is 13.6. The number of rotatable bonds is 8. The molecule has 3 aromatic carbocycles. The molecular formula is C32H37N3O4. The van der Waals surface area contributed by atoms with Crippen LogP contribution in [0.1, 0.15) is 42.1 Å². The molecule has 1 saturated heterocycles. The Morgan fingerprint density at radius 1 is 0.897 bits per heavy atom. The number of anilines is 3. The first-order valence-electron chi connectivity index (χ1n) is 13.2. The fourth-order valence-corrected chi connectivity index (χ4v) is 5.19. The van der Waals surface area contributed by atoms with Crippen molar-refractivity contribution in [2.24, 2.45) is 0 Å². The minimum atomic E-state index is -0.789. The predicted molar refractivity (Wildman–Crippen MR) is 158 cm³/mol. The zero-order chi connectivity index (χ0) is 28.4. The summed E-state index contributed by atoms with van der Waals surface area (Å²) >= 11 is 0. The molecule has 0 spiro atoms. The van der Waals surface area contributed by atoms with Gasteiger partial charge in [-0.15, -0.1) is 0 Å². The van der Waals surface area contributed by atoms with Gasteiger partial charge in [0.05, 0.1) is 18.7 Å². The number of hydrogen-bond acceptors (Lipinski definition) is 6. The molecule has 1 atom stereocenters. The standard InChI is InChI=1S/C32H37N3O4/c1-8-34(9-2)24-12-10-22(11-13-24)29-28(30(36)26-18-21(4)27(39-7)19-20(26)3)31(37)32(38)35(29)25-16-14-23(15-17-25)33(5)6/h10-19,29,36H,8-9H2,1-7H3/b30-28+. The number of nitrogens with zero attached hydrogens (tertiary/aromatic N) is 3. The van der Waals surface area contributed by atoms with E-state index in [0.717, 1.165) is 41.2 Å². The van der Waals surface area contributed by atoms with Gasteiger partial charge in [0.15, 0.2) is 0 Å². The smallest absolute Gasteiger partial charge is 0.300 e. The summed E-state index contributed by atoms with van der Waals surface area (Å²) < 4.78 is 5.43. The molecule has 7 heteroatoms. The molecule has 1 amide bonds. The van der Waals surface area contributed by atoms with Crippen molar-refractivity contribution in [1.29, 1.82) is 0 Å². The van der Waals surface area contributed by atoms with E-state index < -0.39 is 17.7 Å². The molecule has 1 unspecified atom stereocenters. The van der Waals surface area contributed by atoms with Crippen molar-refractivity contribution in [3.05, 3.63) is 88.5 Å². The van der Waals surface area contributed by atoms with Crippen LogP contribution in [-0.2, 0) is 9.59 Å². The molecule has 1 heterocycles. The van der Waals surface area contributed by atoms with E-state index in [1.807, 2.05) is 87.4 Å². The fourth-order valence-electron chi connectivity index (χ4n) is 5.19. The van der Waals surface area contributed by atoms with E-state index in [4.69, 9.17) is 4.74 Å². The van der Waals surface area contributed by atoms with Gasteiger partial charge in [0.2, 0.25) is 0 Å². The number of carbonyl (C=O) groups is 2. The van der Waals surface area contributed by atoms with E-state index >= 15 is 0 Å². The summed E-state index contributed by atoms with van der Waals surface area (Å²) in [6.07, 6.45) is 0. The maximum Gasteiger partial charge on any atom is 0.300 e. The summed E-state index contributed by atoms with van der Waals surface area (Å²) in [6.45, 7) is 9.65.